The highest BCUT2D eigenvalue weighted by atomic mass is 16.5. The summed E-state index contributed by atoms with van der Waals surface area (Å²) >= 11 is 0. The number of esters is 1. The van der Waals surface area contributed by atoms with Gasteiger partial charge in [-0.15, -0.1) is 0 Å². The van der Waals surface area contributed by atoms with Gasteiger partial charge < -0.3 is 14.7 Å². The summed E-state index contributed by atoms with van der Waals surface area (Å²) < 4.78 is 5.64. The van der Waals surface area contributed by atoms with Crippen molar-refractivity contribution in [3.63, 3.8) is 0 Å². The number of carbonyl (C=O) groups excluding carboxylic acids is 2. The van der Waals surface area contributed by atoms with E-state index in [0.717, 1.165) is 37.8 Å². The molecule has 5 heteroatoms. The van der Waals surface area contributed by atoms with Crippen molar-refractivity contribution in [3.05, 3.63) is 30.3 Å². The number of hydrogen-bond donors (Lipinski definition) is 1. The lowest BCUT2D eigenvalue weighted by atomic mass is 9.48. The molecule has 0 aliphatic heterocycles. The van der Waals surface area contributed by atoms with E-state index in [1.807, 2.05) is 30.3 Å². The quantitative estimate of drug-likeness (QED) is 0.842. The summed E-state index contributed by atoms with van der Waals surface area (Å²) in [5.74, 6) is 0.277. The number of nitrogens with zero attached hydrogens (tertiary/aromatic N) is 1. The van der Waals surface area contributed by atoms with Gasteiger partial charge in [-0.3, -0.25) is 9.59 Å². The summed E-state index contributed by atoms with van der Waals surface area (Å²) in [5.41, 5.74) is -0.542. The van der Waals surface area contributed by atoms with Gasteiger partial charge in [-0.1, -0.05) is 18.2 Å². The lowest BCUT2D eigenvalue weighted by molar-refractivity contribution is -0.199. The highest BCUT2D eigenvalue weighted by Crippen LogP contribution is 2.62. The van der Waals surface area contributed by atoms with Crippen molar-refractivity contribution in [3.8, 4) is 0 Å². The third-order valence-corrected chi connectivity index (χ3v) is 6.57. The Morgan fingerprint density at radius 2 is 1.77 bits per heavy atom. The highest BCUT2D eigenvalue weighted by molar-refractivity contribution is 5.97. The molecule has 1 aromatic carbocycles. The Morgan fingerprint density at radius 1 is 1.15 bits per heavy atom. The normalized spacial score (nSPS) is 35.8. The summed E-state index contributed by atoms with van der Waals surface area (Å²) in [7, 11) is 1.69. The maximum absolute atomic E-state index is 13.0. The van der Waals surface area contributed by atoms with Crippen LogP contribution in [0.4, 0.5) is 5.69 Å². The van der Waals surface area contributed by atoms with Crippen LogP contribution in [0.25, 0.3) is 0 Å². The Labute approximate surface area is 154 Å². The van der Waals surface area contributed by atoms with E-state index in [-0.39, 0.29) is 11.9 Å². The number of para-hydroxylation sites is 1. The Hall–Kier alpha value is -1.88. The summed E-state index contributed by atoms with van der Waals surface area (Å²) in [6.07, 6.45) is 3.97. The third kappa shape index (κ3) is 2.92. The number of rotatable bonds is 4. The zero-order valence-electron chi connectivity index (χ0n) is 15.5. The van der Waals surface area contributed by atoms with Gasteiger partial charge in [0.25, 0.3) is 5.91 Å². The summed E-state index contributed by atoms with van der Waals surface area (Å²) in [4.78, 5) is 27.2. The first-order valence-electron chi connectivity index (χ1n) is 9.56. The number of anilines is 1. The van der Waals surface area contributed by atoms with Crippen molar-refractivity contribution in [2.75, 3.05) is 11.9 Å². The standard InChI is InChI=1S/C21H27NO4/c1-14(18(23)22(2)17-6-4-3-5-7-17)26-19(24)20-9-15-8-16(10-20)12-21(25,11-15)13-20/h3-7,14-16,25H,8-13H2,1-2H3/t14-,15-,16+,20?,21?/m0/s1. The molecule has 140 valence electrons. The van der Waals surface area contributed by atoms with Gasteiger partial charge in [-0.25, -0.2) is 0 Å². The predicted molar refractivity (Wildman–Crippen MR) is 97.5 cm³/mol. The van der Waals surface area contributed by atoms with Gasteiger partial charge >= 0.3 is 5.97 Å². The van der Waals surface area contributed by atoms with Crippen LogP contribution in [0.5, 0.6) is 0 Å². The van der Waals surface area contributed by atoms with E-state index in [2.05, 4.69) is 0 Å². The smallest absolute Gasteiger partial charge is 0.312 e. The van der Waals surface area contributed by atoms with E-state index >= 15 is 0 Å². The Bertz CT molecular complexity index is 702. The number of carbonyl (C=O) groups is 2. The highest BCUT2D eigenvalue weighted by Gasteiger charge is 2.61. The second-order valence-electron chi connectivity index (χ2n) is 8.75. The van der Waals surface area contributed by atoms with Crippen molar-refractivity contribution in [1.82, 2.24) is 0 Å². The van der Waals surface area contributed by atoms with Gasteiger partial charge in [0.2, 0.25) is 0 Å². The van der Waals surface area contributed by atoms with E-state index in [1.165, 1.54) is 4.90 Å². The van der Waals surface area contributed by atoms with Gasteiger partial charge in [0, 0.05) is 12.7 Å². The van der Waals surface area contributed by atoms with Crippen LogP contribution >= 0.6 is 0 Å². The van der Waals surface area contributed by atoms with Gasteiger partial charge in [-0.2, -0.15) is 0 Å². The van der Waals surface area contributed by atoms with E-state index in [1.54, 1.807) is 14.0 Å². The molecule has 4 fully saturated rings. The molecule has 1 amide bonds. The van der Waals surface area contributed by atoms with Gasteiger partial charge in [-0.05, 0) is 69.4 Å². The number of likely N-dealkylation sites (N-methyl/N-ethyl adjacent to an activating group) is 1. The number of benzene rings is 1. The molecule has 1 N–H and O–H groups in total. The fourth-order valence-corrected chi connectivity index (χ4v) is 5.84. The number of hydrogen-bond acceptors (Lipinski definition) is 4. The average Bonchev–Trinajstić information content (AvgIpc) is 2.59. The van der Waals surface area contributed by atoms with E-state index in [4.69, 9.17) is 4.74 Å². The molecule has 26 heavy (non-hydrogen) atoms. The predicted octanol–water partition coefficient (Wildman–Crippen LogP) is 2.91. The third-order valence-electron chi connectivity index (χ3n) is 6.57. The number of ether oxygens (including phenoxy) is 1. The van der Waals surface area contributed by atoms with E-state index < -0.39 is 17.1 Å². The van der Waals surface area contributed by atoms with Crippen LogP contribution in [0, 0.1) is 17.3 Å². The average molecular weight is 357 g/mol. The molecule has 0 saturated heterocycles. The molecule has 0 spiro atoms. The lowest BCUT2D eigenvalue weighted by Gasteiger charge is -2.58. The molecular formula is C21H27NO4. The van der Waals surface area contributed by atoms with Crippen LogP contribution in [0.3, 0.4) is 0 Å². The van der Waals surface area contributed by atoms with Crippen molar-refractivity contribution in [2.45, 2.75) is 57.2 Å². The van der Waals surface area contributed by atoms with Crippen LogP contribution in [-0.4, -0.2) is 35.7 Å². The Kier molecular flexibility index (Phi) is 4.10. The monoisotopic (exact) mass is 357 g/mol. The van der Waals surface area contributed by atoms with Crippen LogP contribution in [0.1, 0.15) is 45.4 Å². The minimum Gasteiger partial charge on any atom is -0.452 e. The SMILES string of the molecule is C[C@H](OC(=O)C12C[C@@H]3C[C@@H](CC(O)(C3)C1)C2)C(=O)N(C)c1ccccc1. The van der Waals surface area contributed by atoms with Crippen LogP contribution in [-0.2, 0) is 14.3 Å². The maximum atomic E-state index is 13.0. The fourth-order valence-electron chi connectivity index (χ4n) is 5.84. The minimum absolute atomic E-state index is 0.243. The van der Waals surface area contributed by atoms with Gasteiger partial charge in [0.1, 0.15) is 0 Å². The summed E-state index contributed by atoms with van der Waals surface area (Å²) in [5, 5.41) is 10.8. The van der Waals surface area contributed by atoms with E-state index in [9.17, 15) is 14.7 Å². The molecule has 0 heterocycles. The molecule has 5 rings (SSSR count). The van der Waals surface area contributed by atoms with Gasteiger partial charge in [0.15, 0.2) is 6.10 Å². The number of amides is 1. The summed E-state index contributed by atoms with van der Waals surface area (Å²) in [6.45, 7) is 1.63. The molecular weight excluding hydrogens is 330 g/mol. The minimum atomic E-state index is -0.838. The maximum Gasteiger partial charge on any atom is 0.312 e. The first kappa shape index (κ1) is 17.5. The molecule has 5 atom stereocenters. The van der Waals surface area contributed by atoms with Crippen LogP contribution in [0.15, 0.2) is 30.3 Å². The Balaban J connectivity index is 1.45. The summed E-state index contributed by atoms with van der Waals surface area (Å²) in [6, 6.07) is 9.32. The molecule has 1 aromatic rings. The molecule has 5 nitrogen and oxygen atoms in total. The van der Waals surface area contributed by atoms with Crippen molar-refractivity contribution in [2.24, 2.45) is 17.3 Å². The molecule has 4 bridgehead atoms. The van der Waals surface area contributed by atoms with Crippen molar-refractivity contribution >= 4 is 17.6 Å². The van der Waals surface area contributed by atoms with E-state index in [0.29, 0.717) is 18.3 Å². The topological polar surface area (TPSA) is 66.8 Å². The first-order valence-corrected chi connectivity index (χ1v) is 9.56. The van der Waals surface area contributed by atoms with Crippen LogP contribution in [0.2, 0.25) is 0 Å². The second kappa shape index (κ2) is 6.08. The van der Waals surface area contributed by atoms with Gasteiger partial charge in [0.05, 0.1) is 11.0 Å². The second-order valence-corrected chi connectivity index (χ2v) is 8.75. The molecule has 0 radical (unpaired) electrons. The van der Waals surface area contributed by atoms with Crippen molar-refractivity contribution in [1.29, 1.82) is 0 Å². The molecule has 4 aliphatic rings. The Morgan fingerprint density at radius 3 is 2.35 bits per heavy atom. The largest absolute Gasteiger partial charge is 0.452 e. The number of aliphatic hydroxyl groups is 1. The zero-order valence-corrected chi connectivity index (χ0v) is 15.5. The molecule has 0 aromatic heterocycles. The van der Waals surface area contributed by atoms with Crippen molar-refractivity contribution < 1.29 is 19.4 Å². The zero-order chi connectivity index (χ0) is 18.5. The lowest BCUT2D eigenvalue weighted by Crippen LogP contribution is -2.59. The van der Waals surface area contributed by atoms with Crippen LogP contribution < -0.4 is 4.90 Å². The molecule has 4 aliphatic carbocycles. The fraction of sp³-hybridized carbons (Fsp3) is 0.619. The first-order chi connectivity index (χ1) is 12.3. The molecule has 2 unspecified atom stereocenters. The molecule has 4 saturated carbocycles.